The van der Waals surface area contributed by atoms with Gasteiger partial charge in [-0.25, -0.2) is 9.59 Å². The monoisotopic (exact) mass is 437 g/mol. The van der Waals surface area contributed by atoms with Crippen molar-refractivity contribution in [1.29, 1.82) is 0 Å². The van der Waals surface area contributed by atoms with Gasteiger partial charge in [0.2, 0.25) is 0 Å². The van der Waals surface area contributed by atoms with Crippen LogP contribution in [-0.2, 0) is 14.2 Å². The summed E-state index contributed by atoms with van der Waals surface area (Å²) in [5.41, 5.74) is 1.36. The van der Waals surface area contributed by atoms with Crippen LogP contribution in [0.2, 0.25) is 5.02 Å². The lowest BCUT2D eigenvalue weighted by Crippen LogP contribution is -2.27. The molecule has 0 saturated heterocycles. The van der Waals surface area contributed by atoms with Gasteiger partial charge < -0.3 is 29.4 Å². The Morgan fingerprint density at radius 2 is 1.87 bits per heavy atom. The second kappa shape index (κ2) is 12.0. The van der Waals surface area contributed by atoms with Crippen molar-refractivity contribution in [1.82, 2.24) is 5.32 Å². The first-order chi connectivity index (χ1) is 14.4. The third kappa shape index (κ3) is 7.22. The van der Waals surface area contributed by atoms with E-state index in [4.69, 9.17) is 25.8 Å². The standard InChI is InChI=1S/C21H24ClNO7/c1-27-8-9-29-18-12-15(10-16(13-18)20(24)25)19(14-4-3-5-17(22)11-14)30-7-6-23-21(26)28-2/h3-5,10-13,19H,6-9H2,1-2H3,(H,23,26)(H,24,25). The molecule has 30 heavy (non-hydrogen) atoms. The quantitative estimate of drug-likeness (QED) is 0.518. The van der Waals surface area contributed by atoms with Crippen LogP contribution in [0.4, 0.5) is 4.79 Å². The summed E-state index contributed by atoms with van der Waals surface area (Å²) in [6, 6.07) is 11.7. The summed E-state index contributed by atoms with van der Waals surface area (Å²) in [5.74, 6) is -0.712. The van der Waals surface area contributed by atoms with E-state index in [1.165, 1.54) is 19.2 Å². The number of carboxylic acids is 1. The van der Waals surface area contributed by atoms with Crippen LogP contribution in [0.1, 0.15) is 27.6 Å². The van der Waals surface area contributed by atoms with E-state index in [1.807, 2.05) is 6.07 Å². The lowest BCUT2D eigenvalue weighted by molar-refractivity contribution is 0.0692. The predicted molar refractivity (Wildman–Crippen MR) is 110 cm³/mol. The number of alkyl carbamates (subject to hydrolysis) is 1. The summed E-state index contributed by atoms with van der Waals surface area (Å²) >= 11 is 6.13. The fourth-order valence-corrected chi connectivity index (χ4v) is 2.88. The number of nitrogens with one attached hydrogen (secondary N) is 1. The number of carbonyl (C=O) groups is 2. The Morgan fingerprint density at radius 1 is 1.07 bits per heavy atom. The Morgan fingerprint density at radius 3 is 2.53 bits per heavy atom. The topological polar surface area (TPSA) is 103 Å². The first-order valence-corrected chi connectivity index (χ1v) is 9.51. The highest BCUT2D eigenvalue weighted by Crippen LogP contribution is 2.31. The summed E-state index contributed by atoms with van der Waals surface area (Å²) in [4.78, 5) is 22.8. The van der Waals surface area contributed by atoms with Crippen LogP contribution in [0.3, 0.4) is 0 Å². The molecule has 0 aromatic heterocycles. The van der Waals surface area contributed by atoms with Crippen LogP contribution < -0.4 is 10.1 Å². The van der Waals surface area contributed by atoms with Crippen molar-refractivity contribution >= 4 is 23.7 Å². The van der Waals surface area contributed by atoms with E-state index in [0.29, 0.717) is 22.9 Å². The van der Waals surface area contributed by atoms with E-state index in [-0.39, 0.29) is 25.3 Å². The van der Waals surface area contributed by atoms with Crippen LogP contribution in [0.25, 0.3) is 0 Å². The zero-order chi connectivity index (χ0) is 21.9. The minimum Gasteiger partial charge on any atom is -0.491 e. The second-order valence-electron chi connectivity index (χ2n) is 6.16. The van der Waals surface area contributed by atoms with Gasteiger partial charge in [-0.1, -0.05) is 23.7 Å². The molecule has 1 atom stereocenters. The molecule has 0 fully saturated rings. The molecular weight excluding hydrogens is 414 g/mol. The number of carbonyl (C=O) groups excluding carboxylic acids is 1. The third-order valence-corrected chi connectivity index (χ3v) is 4.26. The predicted octanol–water partition coefficient (Wildman–Crippen LogP) is 3.53. The molecule has 0 saturated carbocycles. The van der Waals surface area contributed by atoms with Crippen molar-refractivity contribution in [2.24, 2.45) is 0 Å². The summed E-state index contributed by atoms with van der Waals surface area (Å²) in [7, 11) is 2.82. The smallest absolute Gasteiger partial charge is 0.406 e. The molecule has 1 unspecified atom stereocenters. The van der Waals surface area contributed by atoms with Crippen LogP contribution in [0, 0.1) is 0 Å². The van der Waals surface area contributed by atoms with Gasteiger partial charge in [-0.05, 0) is 41.5 Å². The Labute approximate surface area is 179 Å². The molecule has 0 heterocycles. The molecule has 2 N–H and O–H groups in total. The molecule has 2 aromatic carbocycles. The molecule has 0 bridgehead atoms. The van der Waals surface area contributed by atoms with Crippen molar-refractivity contribution in [2.45, 2.75) is 6.10 Å². The average Bonchev–Trinajstić information content (AvgIpc) is 2.73. The van der Waals surface area contributed by atoms with E-state index in [1.54, 1.807) is 31.4 Å². The first-order valence-electron chi connectivity index (χ1n) is 9.13. The molecule has 1 amide bonds. The minimum atomic E-state index is -1.09. The molecule has 0 radical (unpaired) electrons. The number of methoxy groups -OCH3 is 2. The molecule has 162 valence electrons. The number of ether oxygens (including phenoxy) is 4. The number of benzene rings is 2. The zero-order valence-electron chi connectivity index (χ0n) is 16.7. The molecule has 9 heteroatoms. The van der Waals surface area contributed by atoms with Gasteiger partial charge in [0.05, 0.1) is 25.9 Å². The van der Waals surface area contributed by atoms with Gasteiger partial charge in [0.15, 0.2) is 0 Å². The molecule has 0 aliphatic rings. The summed E-state index contributed by atoms with van der Waals surface area (Å²) in [5, 5.41) is 12.5. The lowest BCUT2D eigenvalue weighted by Gasteiger charge is -2.21. The SMILES string of the molecule is COCCOc1cc(C(=O)O)cc(C(OCCNC(=O)OC)c2cccc(Cl)c2)c1. The molecule has 0 spiro atoms. The van der Waals surface area contributed by atoms with Crippen molar-refractivity contribution in [2.75, 3.05) is 40.6 Å². The van der Waals surface area contributed by atoms with Crippen LogP contribution in [0.5, 0.6) is 5.75 Å². The van der Waals surface area contributed by atoms with Gasteiger partial charge in [-0.2, -0.15) is 0 Å². The van der Waals surface area contributed by atoms with Gasteiger partial charge >= 0.3 is 12.1 Å². The highest BCUT2D eigenvalue weighted by Gasteiger charge is 2.19. The van der Waals surface area contributed by atoms with Gasteiger partial charge in [0.1, 0.15) is 18.5 Å². The molecule has 0 aliphatic carbocycles. The number of carboxylic acid groups (broad SMARTS) is 1. The zero-order valence-corrected chi connectivity index (χ0v) is 17.5. The van der Waals surface area contributed by atoms with Crippen molar-refractivity contribution in [3.8, 4) is 5.75 Å². The van der Waals surface area contributed by atoms with Crippen molar-refractivity contribution < 1.29 is 33.6 Å². The van der Waals surface area contributed by atoms with Gasteiger partial charge in [-0.15, -0.1) is 0 Å². The highest BCUT2D eigenvalue weighted by atomic mass is 35.5. The maximum absolute atomic E-state index is 11.6. The summed E-state index contributed by atoms with van der Waals surface area (Å²) < 4.78 is 21.1. The third-order valence-electron chi connectivity index (χ3n) is 4.03. The number of amides is 1. The fraction of sp³-hybridized carbons (Fsp3) is 0.333. The number of aromatic carboxylic acids is 1. The van der Waals surface area contributed by atoms with Crippen LogP contribution >= 0.6 is 11.6 Å². The summed E-state index contributed by atoms with van der Waals surface area (Å²) in [6.45, 7) is 0.994. The van der Waals surface area contributed by atoms with Gasteiger partial charge in [0.25, 0.3) is 0 Å². The molecule has 0 aliphatic heterocycles. The van der Waals surface area contributed by atoms with Gasteiger partial charge in [0, 0.05) is 18.7 Å². The maximum Gasteiger partial charge on any atom is 0.406 e. The highest BCUT2D eigenvalue weighted by molar-refractivity contribution is 6.30. The number of hydrogen-bond donors (Lipinski definition) is 2. The Kier molecular flexibility index (Phi) is 9.40. The molecular formula is C21H24ClNO7. The lowest BCUT2D eigenvalue weighted by atomic mass is 9.99. The fourth-order valence-electron chi connectivity index (χ4n) is 2.68. The van der Waals surface area contributed by atoms with Crippen LogP contribution in [-0.4, -0.2) is 57.8 Å². The number of halogens is 1. The molecule has 2 aromatic rings. The summed E-state index contributed by atoms with van der Waals surface area (Å²) in [6.07, 6.45) is -1.20. The van der Waals surface area contributed by atoms with E-state index in [2.05, 4.69) is 10.1 Å². The second-order valence-corrected chi connectivity index (χ2v) is 6.60. The van der Waals surface area contributed by atoms with Crippen molar-refractivity contribution in [3.63, 3.8) is 0 Å². The molecule has 8 nitrogen and oxygen atoms in total. The Hall–Kier alpha value is -2.81. The Bertz CT molecular complexity index is 859. The van der Waals surface area contributed by atoms with E-state index in [0.717, 1.165) is 5.56 Å². The van der Waals surface area contributed by atoms with E-state index in [9.17, 15) is 14.7 Å². The van der Waals surface area contributed by atoms with Gasteiger partial charge in [-0.3, -0.25) is 0 Å². The average molecular weight is 438 g/mol. The van der Waals surface area contributed by atoms with Crippen LogP contribution in [0.15, 0.2) is 42.5 Å². The number of hydrogen-bond acceptors (Lipinski definition) is 6. The first kappa shape index (κ1) is 23.5. The normalized spacial score (nSPS) is 11.6. The molecule has 2 rings (SSSR count). The Balaban J connectivity index is 2.33. The van der Waals surface area contributed by atoms with Crippen molar-refractivity contribution in [3.05, 3.63) is 64.2 Å². The number of rotatable bonds is 11. The van der Waals surface area contributed by atoms with E-state index >= 15 is 0 Å². The minimum absolute atomic E-state index is 0.0585. The largest absolute Gasteiger partial charge is 0.491 e. The maximum atomic E-state index is 11.6. The van der Waals surface area contributed by atoms with E-state index < -0.39 is 18.2 Å².